The van der Waals surface area contributed by atoms with Gasteiger partial charge in [-0.1, -0.05) is 39.5 Å². The van der Waals surface area contributed by atoms with Gasteiger partial charge in [-0.3, -0.25) is 0 Å². The van der Waals surface area contributed by atoms with Crippen LogP contribution in [-0.4, -0.2) is 20.1 Å². The van der Waals surface area contributed by atoms with E-state index in [-0.39, 0.29) is 11.2 Å². The maximum Gasteiger partial charge on any atom is 0.146 e. The fourth-order valence-electron chi connectivity index (χ4n) is 2.34. The molecule has 0 aliphatic rings. The first kappa shape index (κ1) is 16.0. The Morgan fingerprint density at radius 1 is 1.18 bits per heavy atom. The summed E-state index contributed by atoms with van der Waals surface area (Å²) in [7, 11) is 0. The second kappa shape index (κ2) is 5.79. The molecule has 0 bridgehead atoms. The first-order valence-corrected chi connectivity index (χ1v) is 7.35. The Morgan fingerprint density at radius 2 is 1.82 bits per heavy atom. The van der Waals surface area contributed by atoms with E-state index in [0.717, 1.165) is 16.8 Å². The Hall–Kier alpha value is -2.36. The Kier molecular flexibility index (Phi) is 4.22. The van der Waals surface area contributed by atoms with E-state index in [1.165, 1.54) is 4.80 Å². The first-order chi connectivity index (χ1) is 10.3. The monoisotopic (exact) mass is 297 g/mol. The summed E-state index contributed by atoms with van der Waals surface area (Å²) in [5.74, 6) is 0.218. The molecule has 1 aromatic carbocycles. The van der Waals surface area contributed by atoms with Crippen LogP contribution in [0.5, 0.6) is 5.75 Å². The highest BCUT2D eigenvalue weighted by Crippen LogP contribution is 2.35. The van der Waals surface area contributed by atoms with Crippen molar-refractivity contribution in [3.05, 3.63) is 47.3 Å². The van der Waals surface area contributed by atoms with Crippen molar-refractivity contribution in [1.82, 2.24) is 15.0 Å². The summed E-state index contributed by atoms with van der Waals surface area (Å²) in [6.45, 7) is 13.9. The van der Waals surface area contributed by atoms with Gasteiger partial charge in [0.25, 0.3) is 0 Å². The van der Waals surface area contributed by atoms with E-state index in [9.17, 15) is 5.11 Å². The molecular weight excluding hydrogens is 274 g/mol. The average Bonchev–Trinajstić information content (AvgIpc) is 2.83. The molecule has 0 saturated carbocycles. The highest BCUT2D eigenvalue weighted by molar-refractivity contribution is 5.59. The smallest absolute Gasteiger partial charge is 0.146 e. The van der Waals surface area contributed by atoms with Gasteiger partial charge in [-0.05, 0) is 43.0 Å². The van der Waals surface area contributed by atoms with Crippen LogP contribution >= 0.6 is 0 Å². The molecule has 0 aliphatic carbocycles. The minimum atomic E-state index is -0.161. The van der Waals surface area contributed by atoms with Crippen molar-refractivity contribution in [2.75, 3.05) is 0 Å². The third-order valence-corrected chi connectivity index (χ3v) is 3.44. The van der Waals surface area contributed by atoms with Crippen molar-refractivity contribution < 1.29 is 5.11 Å². The van der Waals surface area contributed by atoms with Gasteiger partial charge in [0.05, 0.1) is 0 Å². The second-order valence-electron chi connectivity index (χ2n) is 6.39. The number of rotatable bonds is 3. The predicted octanol–water partition coefficient (Wildman–Crippen LogP) is 4.25. The number of hydrogen-bond acceptors (Lipinski definition) is 3. The quantitative estimate of drug-likeness (QED) is 0.921. The molecule has 2 rings (SSSR count). The van der Waals surface area contributed by atoms with Crippen LogP contribution in [0.1, 0.15) is 50.2 Å². The molecule has 1 aromatic heterocycles. The lowest BCUT2D eigenvalue weighted by molar-refractivity contribution is 0.440. The van der Waals surface area contributed by atoms with Crippen LogP contribution in [0.25, 0.3) is 17.8 Å². The number of benzene rings is 1. The van der Waals surface area contributed by atoms with Crippen molar-refractivity contribution in [3.8, 4) is 11.4 Å². The minimum absolute atomic E-state index is 0.161. The van der Waals surface area contributed by atoms with Gasteiger partial charge in [0.15, 0.2) is 0 Å². The van der Waals surface area contributed by atoms with Crippen molar-refractivity contribution in [3.63, 3.8) is 0 Å². The summed E-state index contributed by atoms with van der Waals surface area (Å²) in [6, 6.07) is 3.89. The number of aryl methyl sites for hydroxylation is 1. The van der Waals surface area contributed by atoms with Gasteiger partial charge >= 0.3 is 0 Å². The lowest BCUT2D eigenvalue weighted by Crippen LogP contribution is -2.13. The maximum absolute atomic E-state index is 10.7. The Balaban J connectivity index is 2.68. The zero-order valence-corrected chi connectivity index (χ0v) is 13.9. The standard InChI is InChI=1S/C18H23N3O/c1-7-9-15-14(8-2)19-21(20-15)16-11-12(3)10-13(17(16)22)18(4,5)6/h7-11,22H,2H2,1,3-6H3/b9-7-. The van der Waals surface area contributed by atoms with E-state index in [1.807, 2.05) is 38.1 Å². The van der Waals surface area contributed by atoms with Gasteiger partial charge in [0.1, 0.15) is 22.8 Å². The zero-order chi connectivity index (χ0) is 16.5. The minimum Gasteiger partial charge on any atom is -0.505 e. The molecular formula is C18H23N3O. The number of phenolic OH excluding ortho intramolecular Hbond substituents is 1. The lowest BCUT2D eigenvalue weighted by Gasteiger charge is -2.22. The van der Waals surface area contributed by atoms with Crippen molar-refractivity contribution in [2.45, 2.75) is 40.0 Å². The Bertz CT molecular complexity index is 734. The van der Waals surface area contributed by atoms with Crippen LogP contribution in [0.2, 0.25) is 0 Å². The molecule has 0 aliphatic heterocycles. The first-order valence-electron chi connectivity index (χ1n) is 7.35. The summed E-state index contributed by atoms with van der Waals surface area (Å²) in [5, 5.41) is 19.5. The van der Waals surface area contributed by atoms with E-state index >= 15 is 0 Å². The predicted molar refractivity (Wildman–Crippen MR) is 91.3 cm³/mol. The molecule has 0 atom stereocenters. The number of phenols is 1. The largest absolute Gasteiger partial charge is 0.505 e. The molecule has 4 nitrogen and oxygen atoms in total. The van der Waals surface area contributed by atoms with E-state index in [2.05, 4.69) is 37.5 Å². The van der Waals surface area contributed by atoms with E-state index in [1.54, 1.807) is 6.08 Å². The molecule has 2 aromatic rings. The molecule has 4 heteroatoms. The highest BCUT2D eigenvalue weighted by atomic mass is 16.3. The maximum atomic E-state index is 10.7. The van der Waals surface area contributed by atoms with Crippen molar-refractivity contribution >= 4 is 12.2 Å². The Labute approximate surface area is 131 Å². The molecule has 22 heavy (non-hydrogen) atoms. The summed E-state index contributed by atoms with van der Waals surface area (Å²) >= 11 is 0. The number of hydrogen-bond donors (Lipinski definition) is 1. The van der Waals surface area contributed by atoms with Crippen LogP contribution in [0.3, 0.4) is 0 Å². The van der Waals surface area contributed by atoms with Gasteiger partial charge in [-0.2, -0.15) is 0 Å². The summed E-state index contributed by atoms with van der Waals surface area (Å²) in [6.07, 6.45) is 5.44. The van der Waals surface area contributed by atoms with E-state index < -0.39 is 0 Å². The van der Waals surface area contributed by atoms with Crippen molar-refractivity contribution in [1.29, 1.82) is 0 Å². The van der Waals surface area contributed by atoms with Crippen LogP contribution in [0.4, 0.5) is 0 Å². The zero-order valence-electron chi connectivity index (χ0n) is 13.9. The molecule has 116 valence electrons. The normalized spacial score (nSPS) is 12.0. The van der Waals surface area contributed by atoms with Gasteiger partial charge in [-0.25, -0.2) is 0 Å². The molecule has 0 fully saturated rings. The Morgan fingerprint density at radius 3 is 2.36 bits per heavy atom. The van der Waals surface area contributed by atoms with Gasteiger partial charge in [0, 0.05) is 5.56 Å². The van der Waals surface area contributed by atoms with Gasteiger partial charge in [-0.15, -0.1) is 15.0 Å². The second-order valence-corrected chi connectivity index (χ2v) is 6.39. The molecule has 0 unspecified atom stereocenters. The molecule has 0 saturated heterocycles. The van der Waals surface area contributed by atoms with Gasteiger partial charge in [0.2, 0.25) is 0 Å². The van der Waals surface area contributed by atoms with Crippen LogP contribution < -0.4 is 0 Å². The molecule has 1 N–H and O–H groups in total. The number of nitrogens with zero attached hydrogens (tertiary/aromatic N) is 3. The average molecular weight is 297 g/mol. The molecule has 0 spiro atoms. The summed E-state index contributed by atoms with van der Waals surface area (Å²) in [5.41, 5.74) is 3.79. The SMILES string of the molecule is C=Cc1nn(-c2cc(C)cc(C(C)(C)C)c2O)nc1/C=C\C. The van der Waals surface area contributed by atoms with Crippen LogP contribution in [0.15, 0.2) is 24.8 Å². The lowest BCUT2D eigenvalue weighted by atomic mass is 9.85. The number of aromatic nitrogens is 3. The fourth-order valence-corrected chi connectivity index (χ4v) is 2.34. The van der Waals surface area contributed by atoms with Gasteiger partial charge < -0.3 is 5.11 Å². The molecule has 0 radical (unpaired) electrons. The van der Waals surface area contributed by atoms with Crippen LogP contribution in [-0.2, 0) is 5.41 Å². The topological polar surface area (TPSA) is 50.9 Å². The third kappa shape index (κ3) is 2.96. The summed E-state index contributed by atoms with van der Waals surface area (Å²) in [4.78, 5) is 1.48. The molecule has 1 heterocycles. The van der Waals surface area contributed by atoms with E-state index in [0.29, 0.717) is 11.4 Å². The van der Waals surface area contributed by atoms with Crippen molar-refractivity contribution in [2.24, 2.45) is 0 Å². The number of allylic oxidation sites excluding steroid dienone is 1. The highest BCUT2D eigenvalue weighted by Gasteiger charge is 2.22. The van der Waals surface area contributed by atoms with E-state index in [4.69, 9.17) is 0 Å². The molecule has 0 amide bonds. The summed E-state index contributed by atoms with van der Waals surface area (Å²) < 4.78 is 0. The van der Waals surface area contributed by atoms with Crippen LogP contribution in [0, 0.1) is 6.92 Å². The fraction of sp³-hybridized carbons (Fsp3) is 0.333. The number of aromatic hydroxyl groups is 1. The third-order valence-electron chi connectivity index (χ3n) is 3.44.